The lowest BCUT2D eigenvalue weighted by Gasteiger charge is -2.21. The summed E-state index contributed by atoms with van der Waals surface area (Å²) in [5.74, 6) is -1.55. The molecule has 0 radical (unpaired) electrons. The Morgan fingerprint density at radius 1 is 1.27 bits per heavy atom. The third-order valence-corrected chi connectivity index (χ3v) is 2.44. The van der Waals surface area contributed by atoms with Crippen LogP contribution in [0.5, 0.6) is 0 Å². The molecule has 0 aliphatic rings. The smallest absolute Gasteiger partial charge is 0.330 e. The van der Waals surface area contributed by atoms with Gasteiger partial charge in [-0.3, -0.25) is 0 Å². The Balaban J connectivity index is 3.12. The van der Waals surface area contributed by atoms with Gasteiger partial charge in [0.2, 0.25) is 0 Å². The summed E-state index contributed by atoms with van der Waals surface area (Å²) in [6.45, 7) is 1.43. The van der Waals surface area contributed by atoms with Gasteiger partial charge < -0.3 is 5.73 Å². The predicted octanol–water partition coefficient (Wildman–Crippen LogP) is 2.85. The van der Waals surface area contributed by atoms with E-state index in [0.717, 1.165) is 0 Å². The highest BCUT2D eigenvalue weighted by Crippen LogP contribution is 2.35. The first kappa shape index (κ1) is 12.0. The summed E-state index contributed by atoms with van der Waals surface area (Å²) in [4.78, 5) is 0. The maximum atomic E-state index is 12.6. The second-order valence-corrected chi connectivity index (χ2v) is 3.38. The van der Waals surface area contributed by atoms with Gasteiger partial charge in [-0.25, -0.2) is 0 Å². The Morgan fingerprint density at radius 2 is 1.87 bits per heavy atom. The van der Waals surface area contributed by atoms with Crippen LogP contribution >= 0.6 is 0 Å². The van der Waals surface area contributed by atoms with Crippen molar-refractivity contribution in [1.29, 1.82) is 0 Å². The number of halogens is 3. The molecule has 0 spiro atoms. The van der Waals surface area contributed by atoms with Gasteiger partial charge >= 0.3 is 6.18 Å². The molecule has 1 aromatic carbocycles. The van der Waals surface area contributed by atoms with Crippen LogP contribution in [0.3, 0.4) is 0 Å². The van der Waals surface area contributed by atoms with E-state index >= 15 is 0 Å². The van der Waals surface area contributed by atoms with Crippen LogP contribution in [0.4, 0.5) is 13.2 Å². The number of aryl methyl sites for hydroxylation is 1. The highest BCUT2D eigenvalue weighted by atomic mass is 19.4. The zero-order valence-corrected chi connectivity index (χ0v) is 8.51. The van der Waals surface area contributed by atoms with Crippen molar-refractivity contribution in [3.05, 3.63) is 35.4 Å². The minimum atomic E-state index is -4.26. The summed E-state index contributed by atoms with van der Waals surface area (Å²) < 4.78 is 37.9. The van der Waals surface area contributed by atoms with Crippen LogP contribution in [0, 0.1) is 0 Å². The van der Waals surface area contributed by atoms with Gasteiger partial charge in [0.1, 0.15) is 0 Å². The lowest BCUT2D eigenvalue weighted by atomic mass is 9.92. The molecule has 0 amide bonds. The zero-order valence-electron chi connectivity index (χ0n) is 8.51. The SMILES string of the molecule is CCc1ccccc1C(CN)C(F)(F)F. The van der Waals surface area contributed by atoms with Crippen molar-refractivity contribution in [2.45, 2.75) is 25.4 Å². The van der Waals surface area contributed by atoms with Gasteiger partial charge in [0.15, 0.2) is 0 Å². The van der Waals surface area contributed by atoms with Gasteiger partial charge in [0, 0.05) is 6.54 Å². The van der Waals surface area contributed by atoms with E-state index in [1.165, 1.54) is 6.07 Å². The van der Waals surface area contributed by atoms with Gasteiger partial charge in [-0.05, 0) is 17.5 Å². The third kappa shape index (κ3) is 2.72. The van der Waals surface area contributed by atoms with Crippen molar-refractivity contribution in [3.63, 3.8) is 0 Å². The van der Waals surface area contributed by atoms with Crippen molar-refractivity contribution >= 4 is 0 Å². The van der Waals surface area contributed by atoms with Gasteiger partial charge in [0.25, 0.3) is 0 Å². The number of alkyl halides is 3. The first-order valence-electron chi connectivity index (χ1n) is 4.85. The fourth-order valence-corrected chi connectivity index (χ4v) is 1.63. The molecule has 1 atom stereocenters. The summed E-state index contributed by atoms with van der Waals surface area (Å²) in [6, 6.07) is 6.57. The van der Waals surface area contributed by atoms with Crippen molar-refractivity contribution in [3.8, 4) is 0 Å². The van der Waals surface area contributed by atoms with Gasteiger partial charge in [0.05, 0.1) is 5.92 Å². The van der Waals surface area contributed by atoms with Crippen LogP contribution < -0.4 is 5.73 Å². The Kier molecular flexibility index (Phi) is 3.74. The molecule has 1 rings (SSSR count). The second kappa shape index (κ2) is 4.66. The Labute approximate surface area is 87.1 Å². The molecule has 1 nitrogen and oxygen atoms in total. The molecule has 0 saturated carbocycles. The molecule has 0 bridgehead atoms. The Hall–Kier alpha value is -1.03. The Bertz CT molecular complexity index is 320. The molecule has 1 unspecified atom stereocenters. The summed E-state index contributed by atoms with van der Waals surface area (Å²) in [6.07, 6.45) is -3.68. The van der Waals surface area contributed by atoms with Crippen molar-refractivity contribution < 1.29 is 13.2 Å². The highest BCUT2D eigenvalue weighted by Gasteiger charge is 2.40. The van der Waals surface area contributed by atoms with E-state index in [-0.39, 0.29) is 0 Å². The zero-order chi connectivity index (χ0) is 11.5. The van der Waals surface area contributed by atoms with E-state index in [2.05, 4.69) is 0 Å². The topological polar surface area (TPSA) is 26.0 Å². The van der Waals surface area contributed by atoms with E-state index in [0.29, 0.717) is 17.5 Å². The van der Waals surface area contributed by atoms with Crippen molar-refractivity contribution in [2.75, 3.05) is 6.54 Å². The molecule has 4 heteroatoms. The largest absolute Gasteiger partial charge is 0.396 e. The van der Waals surface area contributed by atoms with Gasteiger partial charge in [-0.15, -0.1) is 0 Å². The van der Waals surface area contributed by atoms with E-state index in [9.17, 15) is 13.2 Å². The normalized spacial score (nSPS) is 13.9. The molecule has 0 aliphatic heterocycles. The molecule has 1 aromatic rings. The first-order valence-corrected chi connectivity index (χ1v) is 4.85. The van der Waals surface area contributed by atoms with E-state index < -0.39 is 18.6 Å². The molecule has 0 heterocycles. The highest BCUT2D eigenvalue weighted by molar-refractivity contribution is 5.31. The minimum Gasteiger partial charge on any atom is -0.330 e. The number of benzene rings is 1. The fourth-order valence-electron chi connectivity index (χ4n) is 1.63. The fraction of sp³-hybridized carbons (Fsp3) is 0.455. The summed E-state index contributed by atoms with van der Waals surface area (Å²) in [5.41, 5.74) is 6.21. The van der Waals surface area contributed by atoms with Crippen LogP contribution in [0.15, 0.2) is 24.3 Å². The molecular formula is C11H14F3N. The summed E-state index contributed by atoms with van der Waals surface area (Å²) in [7, 11) is 0. The lowest BCUT2D eigenvalue weighted by molar-refractivity contribution is -0.148. The monoisotopic (exact) mass is 217 g/mol. The average Bonchev–Trinajstić information content (AvgIpc) is 2.17. The molecule has 84 valence electrons. The van der Waals surface area contributed by atoms with Crippen LogP contribution in [-0.2, 0) is 6.42 Å². The molecule has 0 saturated heterocycles. The quantitative estimate of drug-likeness (QED) is 0.827. The van der Waals surface area contributed by atoms with E-state index in [1.807, 2.05) is 6.92 Å². The summed E-state index contributed by atoms with van der Waals surface area (Å²) >= 11 is 0. The molecule has 0 fully saturated rings. The van der Waals surface area contributed by atoms with Crippen LogP contribution in [0.25, 0.3) is 0 Å². The van der Waals surface area contributed by atoms with Crippen molar-refractivity contribution in [1.82, 2.24) is 0 Å². The van der Waals surface area contributed by atoms with E-state index in [1.54, 1.807) is 18.2 Å². The minimum absolute atomic E-state index is 0.301. The average molecular weight is 217 g/mol. The Morgan fingerprint density at radius 3 is 2.33 bits per heavy atom. The van der Waals surface area contributed by atoms with Crippen molar-refractivity contribution in [2.24, 2.45) is 5.73 Å². The number of hydrogen-bond acceptors (Lipinski definition) is 1. The lowest BCUT2D eigenvalue weighted by Crippen LogP contribution is -2.28. The van der Waals surface area contributed by atoms with Gasteiger partial charge in [-0.1, -0.05) is 31.2 Å². The standard InChI is InChI=1S/C11H14F3N/c1-2-8-5-3-4-6-9(8)10(7-15)11(12,13)14/h3-6,10H,2,7,15H2,1H3. The second-order valence-electron chi connectivity index (χ2n) is 3.38. The van der Waals surface area contributed by atoms with Crippen LogP contribution in [0.1, 0.15) is 24.0 Å². The third-order valence-electron chi connectivity index (χ3n) is 2.44. The maximum absolute atomic E-state index is 12.6. The number of nitrogens with two attached hydrogens (primary N) is 1. The van der Waals surface area contributed by atoms with Crippen LogP contribution in [-0.4, -0.2) is 12.7 Å². The molecule has 0 aliphatic carbocycles. The predicted molar refractivity (Wildman–Crippen MR) is 53.7 cm³/mol. The molecule has 2 N–H and O–H groups in total. The van der Waals surface area contributed by atoms with Gasteiger partial charge in [-0.2, -0.15) is 13.2 Å². The molecule has 15 heavy (non-hydrogen) atoms. The van der Waals surface area contributed by atoms with E-state index in [4.69, 9.17) is 5.73 Å². The summed E-state index contributed by atoms with van der Waals surface area (Å²) in [5, 5.41) is 0. The number of hydrogen-bond donors (Lipinski definition) is 1. The maximum Gasteiger partial charge on any atom is 0.396 e. The molecule has 0 aromatic heterocycles. The number of rotatable bonds is 3. The first-order chi connectivity index (χ1) is 7.00. The molecular weight excluding hydrogens is 203 g/mol. The van der Waals surface area contributed by atoms with Crippen LogP contribution in [0.2, 0.25) is 0 Å².